The molecule has 1 heterocycles. The number of nitriles is 1. The highest BCUT2D eigenvalue weighted by molar-refractivity contribution is 5.71. The predicted octanol–water partition coefficient (Wildman–Crippen LogP) is 2.93. The van der Waals surface area contributed by atoms with Crippen molar-refractivity contribution in [2.45, 2.75) is 6.92 Å². The normalized spacial score (nSPS) is 10.5. The Balaban J connectivity index is 2.28. The third kappa shape index (κ3) is 2.66. The molecular formula is C13H9N3O3. The van der Waals surface area contributed by atoms with Gasteiger partial charge in [-0.1, -0.05) is 23.4 Å². The van der Waals surface area contributed by atoms with Crippen molar-refractivity contribution in [2.24, 2.45) is 0 Å². The maximum Gasteiger partial charge on any atom is 0.338 e. The molecule has 1 aromatic carbocycles. The van der Waals surface area contributed by atoms with Gasteiger partial charge in [-0.25, -0.2) is 0 Å². The molecule has 0 amide bonds. The number of aromatic nitrogens is 1. The van der Waals surface area contributed by atoms with E-state index in [1.807, 2.05) is 6.07 Å². The van der Waals surface area contributed by atoms with E-state index < -0.39 is 4.92 Å². The zero-order valence-corrected chi connectivity index (χ0v) is 10.0. The van der Waals surface area contributed by atoms with Gasteiger partial charge in [0.05, 0.1) is 16.6 Å². The van der Waals surface area contributed by atoms with Gasteiger partial charge >= 0.3 is 5.69 Å². The lowest BCUT2D eigenvalue weighted by atomic mass is 10.1. The third-order valence-corrected chi connectivity index (χ3v) is 2.51. The lowest BCUT2D eigenvalue weighted by molar-refractivity contribution is -0.386. The molecule has 0 aliphatic rings. The molecule has 0 bridgehead atoms. The van der Waals surface area contributed by atoms with Crippen molar-refractivity contribution in [1.29, 1.82) is 5.26 Å². The standard InChI is InChI=1S/C13H9N3O3/c1-9-13(16(17)18)12(19-15-9)7-6-10-2-4-11(8-14)5-3-10/h2-7H,1H3/b7-6-. The number of nitro groups is 1. The Bertz CT molecular complexity index is 678. The second-order valence-corrected chi connectivity index (χ2v) is 3.81. The number of aryl methyl sites for hydroxylation is 1. The van der Waals surface area contributed by atoms with Crippen LogP contribution in [0.4, 0.5) is 5.69 Å². The van der Waals surface area contributed by atoms with Gasteiger partial charge in [-0.15, -0.1) is 0 Å². The number of rotatable bonds is 3. The topological polar surface area (TPSA) is 93.0 Å². The summed E-state index contributed by atoms with van der Waals surface area (Å²) in [6.07, 6.45) is 3.15. The van der Waals surface area contributed by atoms with E-state index >= 15 is 0 Å². The first kappa shape index (κ1) is 12.5. The van der Waals surface area contributed by atoms with Crippen LogP contribution in [0.25, 0.3) is 12.2 Å². The second kappa shape index (κ2) is 5.14. The fourth-order valence-corrected chi connectivity index (χ4v) is 1.55. The molecule has 0 aliphatic carbocycles. The van der Waals surface area contributed by atoms with Crippen LogP contribution in [0.15, 0.2) is 28.8 Å². The monoisotopic (exact) mass is 255 g/mol. The van der Waals surface area contributed by atoms with Gasteiger partial charge in [-0.2, -0.15) is 5.26 Å². The van der Waals surface area contributed by atoms with Crippen molar-refractivity contribution in [3.8, 4) is 6.07 Å². The van der Waals surface area contributed by atoms with Crippen molar-refractivity contribution in [2.75, 3.05) is 0 Å². The smallest absolute Gasteiger partial charge is 0.338 e. The van der Waals surface area contributed by atoms with Crippen LogP contribution in [-0.4, -0.2) is 10.1 Å². The van der Waals surface area contributed by atoms with Crippen molar-refractivity contribution >= 4 is 17.8 Å². The van der Waals surface area contributed by atoms with E-state index in [4.69, 9.17) is 9.78 Å². The summed E-state index contributed by atoms with van der Waals surface area (Å²) < 4.78 is 4.89. The minimum Gasteiger partial charge on any atom is -0.349 e. The molecule has 19 heavy (non-hydrogen) atoms. The zero-order chi connectivity index (χ0) is 13.8. The van der Waals surface area contributed by atoms with E-state index in [1.54, 1.807) is 30.3 Å². The summed E-state index contributed by atoms with van der Waals surface area (Å²) in [5, 5.41) is 23.1. The van der Waals surface area contributed by atoms with Gasteiger partial charge in [0.1, 0.15) is 0 Å². The third-order valence-electron chi connectivity index (χ3n) is 2.51. The number of nitrogens with zero attached hydrogens (tertiary/aromatic N) is 3. The van der Waals surface area contributed by atoms with E-state index in [0.717, 1.165) is 5.56 Å². The van der Waals surface area contributed by atoms with E-state index in [1.165, 1.54) is 13.0 Å². The maximum absolute atomic E-state index is 10.8. The lowest BCUT2D eigenvalue weighted by Crippen LogP contribution is -1.90. The highest BCUT2D eigenvalue weighted by atomic mass is 16.6. The molecule has 0 saturated heterocycles. The van der Waals surface area contributed by atoms with Crippen LogP contribution in [0.5, 0.6) is 0 Å². The SMILES string of the molecule is Cc1noc(/C=C\c2ccc(C#N)cc2)c1[N+](=O)[O-]. The molecule has 0 radical (unpaired) electrons. The molecular weight excluding hydrogens is 246 g/mol. The first-order valence-electron chi connectivity index (χ1n) is 5.40. The van der Waals surface area contributed by atoms with E-state index in [9.17, 15) is 10.1 Å². The quantitative estimate of drug-likeness (QED) is 0.620. The van der Waals surface area contributed by atoms with Crippen LogP contribution < -0.4 is 0 Å². The van der Waals surface area contributed by atoms with Gasteiger partial charge in [-0.05, 0) is 30.7 Å². The van der Waals surface area contributed by atoms with Gasteiger partial charge in [0.25, 0.3) is 0 Å². The minimum atomic E-state index is -0.524. The van der Waals surface area contributed by atoms with Crippen LogP contribution in [0.3, 0.4) is 0 Å². The van der Waals surface area contributed by atoms with Crippen LogP contribution in [0, 0.1) is 28.4 Å². The largest absolute Gasteiger partial charge is 0.349 e. The lowest BCUT2D eigenvalue weighted by Gasteiger charge is -1.92. The van der Waals surface area contributed by atoms with E-state index in [0.29, 0.717) is 5.56 Å². The van der Waals surface area contributed by atoms with Gasteiger partial charge in [0, 0.05) is 0 Å². The summed E-state index contributed by atoms with van der Waals surface area (Å²) >= 11 is 0. The molecule has 0 unspecified atom stereocenters. The fourth-order valence-electron chi connectivity index (χ4n) is 1.55. The average molecular weight is 255 g/mol. The fraction of sp³-hybridized carbons (Fsp3) is 0.0769. The van der Waals surface area contributed by atoms with Gasteiger partial charge in [0.15, 0.2) is 5.69 Å². The number of hydrogen-bond donors (Lipinski definition) is 0. The Morgan fingerprint density at radius 1 is 1.37 bits per heavy atom. The number of hydrogen-bond acceptors (Lipinski definition) is 5. The van der Waals surface area contributed by atoms with Crippen molar-refractivity contribution < 1.29 is 9.45 Å². The first-order chi connectivity index (χ1) is 9.11. The van der Waals surface area contributed by atoms with Crippen molar-refractivity contribution in [3.05, 3.63) is 57.0 Å². The molecule has 0 N–H and O–H groups in total. The summed E-state index contributed by atoms with van der Waals surface area (Å²) in [6, 6.07) is 8.83. The molecule has 0 aliphatic heterocycles. The highest BCUT2D eigenvalue weighted by Crippen LogP contribution is 2.24. The van der Waals surface area contributed by atoms with Crippen molar-refractivity contribution in [1.82, 2.24) is 5.16 Å². The summed E-state index contributed by atoms with van der Waals surface area (Å²) in [4.78, 5) is 10.3. The average Bonchev–Trinajstić information content (AvgIpc) is 2.78. The summed E-state index contributed by atoms with van der Waals surface area (Å²) in [5.74, 6) is 0.104. The molecule has 1 aromatic heterocycles. The molecule has 2 aromatic rings. The van der Waals surface area contributed by atoms with Gasteiger partial charge < -0.3 is 4.52 Å². The Morgan fingerprint density at radius 3 is 2.63 bits per heavy atom. The van der Waals surface area contributed by atoms with Gasteiger partial charge in [-0.3, -0.25) is 10.1 Å². The molecule has 0 atom stereocenters. The minimum absolute atomic E-state index is 0.104. The Morgan fingerprint density at radius 2 is 2.05 bits per heavy atom. The zero-order valence-electron chi connectivity index (χ0n) is 10.0. The molecule has 2 rings (SSSR count). The van der Waals surface area contributed by atoms with Gasteiger partial charge in [0.2, 0.25) is 5.76 Å². The van der Waals surface area contributed by atoms with Crippen molar-refractivity contribution in [3.63, 3.8) is 0 Å². The van der Waals surface area contributed by atoms with Crippen LogP contribution >= 0.6 is 0 Å². The van der Waals surface area contributed by atoms with E-state index in [2.05, 4.69) is 5.16 Å². The highest BCUT2D eigenvalue weighted by Gasteiger charge is 2.21. The predicted molar refractivity (Wildman–Crippen MR) is 68.0 cm³/mol. The maximum atomic E-state index is 10.8. The number of benzene rings is 1. The Labute approximate surface area is 108 Å². The van der Waals surface area contributed by atoms with Crippen LogP contribution in [0.2, 0.25) is 0 Å². The summed E-state index contributed by atoms with van der Waals surface area (Å²) in [6.45, 7) is 1.51. The first-order valence-corrected chi connectivity index (χ1v) is 5.40. The second-order valence-electron chi connectivity index (χ2n) is 3.81. The Kier molecular flexibility index (Phi) is 3.39. The van der Waals surface area contributed by atoms with E-state index in [-0.39, 0.29) is 17.1 Å². The molecule has 0 fully saturated rings. The summed E-state index contributed by atoms with van der Waals surface area (Å²) in [5.41, 5.74) is 1.47. The molecule has 0 spiro atoms. The molecule has 94 valence electrons. The van der Waals surface area contributed by atoms with Crippen LogP contribution in [-0.2, 0) is 0 Å². The molecule has 0 saturated carbocycles. The Hall–Kier alpha value is -2.94. The molecule has 6 nitrogen and oxygen atoms in total. The molecule has 6 heteroatoms. The van der Waals surface area contributed by atoms with Crippen LogP contribution in [0.1, 0.15) is 22.6 Å². The summed E-state index contributed by atoms with van der Waals surface area (Å²) in [7, 11) is 0.